The minimum atomic E-state index is 0.638. The summed E-state index contributed by atoms with van der Waals surface area (Å²) in [5.74, 6) is 0. The Labute approximate surface area is 105 Å². The van der Waals surface area contributed by atoms with E-state index in [0.717, 1.165) is 17.8 Å². The van der Waals surface area contributed by atoms with Crippen LogP contribution in [-0.4, -0.2) is 9.38 Å². The topological polar surface area (TPSA) is 41.1 Å². The second-order valence-corrected chi connectivity index (χ2v) is 4.19. The molecule has 2 heterocycles. The lowest BCUT2D eigenvalue weighted by Crippen LogP contribution is -1.86. The van der Waals surface area contributed by atoms with E-state index in [1.54, 1.807) is 12.1 Å². The maximum Gasteiger partial charge on any atom is 0.138 e. The molecule has 0 fully saturated rings. The SMILES string of the molecule is N#Cc1ccn2cc(Cc3ccccc3)nc2c1. The molecule has 3 nitrogen and oxygen atoms in total. The van der Waals surface area contributed by atoms with Crippen LogP contribution in [0.1, 0.15) is 16.8 Å². The third kappa shape index (κ3) is 1.96. The Morgan fingerprint density at radius 2 is 2.00 bits per heavy atom. The Morgan fingerprint density at radius 1 is 1.17 bits per heavy atom. The molecule has 0 atom stereocenters. The molecule has 0 saturated heterocycles. The zero-order chi connectivity index (χ0) is 12.4. The van der Waals surface area contributed by atoms with Crippen molar-refractivity contribution >= 4 is 5.65 Å². The molecule has 3 rings (SSSR count). The molecule has 86 valence electrons. The molecular formula is C15H11N3. The monoisotopic (exact) mass is 233 g/mol. The molecule has 18 heavy (non-hydrogen) atoms. The van der Waals surface area contributed by atoms with E-state index < -0.39 is 0 Å². The highest BCUT2D eigenvalue weighted by molar-refractivity contribution is 5.47. The summed E-state index contributed by atoms with van der Waals surface area (Å²) in [6.07, 6.45) is 4.68. The van der Waals surface area contributed by atoms with Crippen molar-refractivity contribution in [1.29, 1.82) is 5.26 Å². The van der Waals surface area contributed by atoms with E-state index in [1.807, 2.05) is 35.0 Å². The van der Waals surface area contributed by atoms with Gasteiger partial charge in [-0.05, 0) is 17.7 Å². The van der Waals surface area contributed by atoms with Gasteiger partial charge in [-0.1, -0.05) is 30.3 Å². The minimum absolute atomic E-state index is 0.638. The van der Waals surface area contributed by atoms with Crippen LogP contribution in [0.15, 0.2) is 54.9 Å². The van der Waals surface area contributed by atoms with Gasteiger partial charge in [-0.3, -0.25) is 0 Å². The summed E-state index contributed by atoms with van der Waals surface area (Å²) in [5, 5.41) is 8.85. The molecule has 0 radical (unpaired) electrons. The second kappa shape index (κ2) is 4.34. The minimum Gasteiger partial charge on any atom is -0.307 e. The first-order valence-corrected chi connectivity index (χ1v) is 5.77. The second-order valence-electron chi connectivity index (χ2n) is 4.19. The number of aromatic nitrogens is 2. The first-order valence-electron chi connectivity index (χ1n) is 5.77. The third-order valence-electron chi connectivity index (χ3n) is 2.87. The van der Waals surface area contributed by atoms with Crippen LogP contribution in [0, 0.1) is 11.3 Å². The number of pyridine rings is 1. The summed E-state index contributed by atoms with van der Waals surface area (Å²) in [7, 11) is 0. The smallest absolute Gasteiger partial charge is 0.138 e. The molecule has 3 heteroatoms. The van der Waals surface area contributed by atoms with Gasteiger partial charge in [0.25, 0.3) is 0 Å². The van der Waals surface area contributed by atoms with Crippen LogP contribution in [0.5, 0.6) is 0 Å². The number of rotatable bonds is 2. The summed E-state index contributed by atoms with van der Waals surface area (Å²) >= 11 is 0. The first kappa shape index (κ1) is 10.5. The molecular weight excluding hydrogens is 222 g/mol. The fourth-order valence-corrected chi connectivity index (χ4v) is 1.99. The highest BCUT2D eigenvalue weighted by Gasteiger charge is 2.03. The number of hydrogen-bond acceptors (Lipinski definition) is 2. The Morgan fingerprint density at radius 3 is 2.78 bits per heavy atom. The highest BCUT2D eigenvalue weighted by Crippen LogP contribution is 2.11. The summed E-state index contributed by atoms with van der Waals surface area (Å²) < 4.78 is 1.94. The Kier molecular flexibility index (Phi) is 2.54. The van der Waals surface area contributed by atoms with E-state index in [0.29, 0.717) is 5.56 Å². The lowest BCUT2D eigenvalue weighted by Gasteiger charge is -1.95. The molecule has 0 N–H and O–H groups in total. The normalized spacial score (nSPS) is 10.4. The molecule has 1 aromatic carbocycles. The molecule has 0 saturated carbocycles. The maximum absolute atomic E-state index is 8.85. The summed E-state index contributed by atoms with van der Waals surface area (Å²) in [6.45, 7) is 0. The number of hydrogen-bond donors (Lipinski definition) is 0. The zero-order valence-electron chi connectivity index (χ0n) is 9.74. The van der Waals surface area contributed by atoms with Crippen molar-refractivity contribution in [3.8, 4) is 6.07 Å². The van der Waals surface area contributed by atoms with E-state index in [1.165, 1.54) is 5.56 Å². The van der Waals surface area contributed by atoms with Gasteiger partial charge < -0.3 is 4.40 Å². The molecule has 0 spiro atoms. The van der Waals surface area contributed by atoms with E-state index in [2.05, 4.69) is 23.2 Å². The first-order chi connectivity index (χ1) is 8.85. The molecule has 0 unspecified atom stereocenters. The van der Waals surface area contributed by atoms with Gasteiger partial charge in [-0.2, -0.15) is 5.26 Å². The van der Waals surface area contributed by atoms with E-state index in [4.69, 9.17) is 5.26 Å². The molecule has 0 amide bonds. The average molecular weight is 233 g/mol. The molecule has 0 aliphatic carbocycles. The summed E-state index contributed by atoms with van der Waals surface area (Å²) in [6, 6.07) is 16.0. The fourth-order valence-electron chi connectivity index (χ4n) is 1.99. The van der Waals surface area contributed by atoms with E-state index in [9.17, 15) is 0 Å². The highest BCUT2D eigenvalue weighted by atomic mass is 15.0. The summed E-state index contributed by atoms with van der Waals surface area (Å²) in [5.41, 5.74) is 3.71. The number of nitrogens with zero attached hydrogens (tertiary/aromatic N) is 3. The van der Waals surface area contributed by atoms with Gasteiger partial charge in [0, 0.05) is 18.8 Å². The van der Waals surface area contributed by atoms with Crippen molar-refractivity contribution in [3.63, 3.8) is 0 Å². The Hall–Kier alpha value is -2.60. The molecule has 0 aliphatic heterocycles. The predicted molar refractivity (Wildman–Crippen MR) is 69.2 cm³/mol. The van der Waals surface area contributed by atoms with Crippen LogP contribution in [0.2, 0.25) is 0 Å². The fraction of sp³-hybridized carbons (Fsp3) is 0.0667. The Bertz CT molecular complexity index is 720. The van der Waals surface area contributed by atoms with Crippen LogP contribution in [0.4, 0.5) is 0 Å². The van der Waals surface area contributed by atoms with Crippen molar-refractivity contribution in [1.82, 2.24) is 9.38 Å². The van der Waals surface area contributed by atoms with E-state index in [-0.39, 0.29) is 0 Å². The van der Waals surface area contributed by atoms with Gasteiger partial charge in [-0.15, -0.1) is 0 Å². The average Bonchev–Trinajstić information content (AvgIpc) is 2.80. The van der Waals surface area contributed by atoms with Gasteiger partial charge in [-0.25, -0.2) is 4.98 Å². The molecule has 3 aromatic rings. The van der Waals surface area contributed by atoms with Gasteiger partial charge in [0.15, 0.2) is 0 Å². The predicted octanol–water partition coefficient (Wildman–Crippen LogP) is 2.80. The largest absolute Gasteiger partial charge is 0.307 e. The molecule has 0 bridgehead atoms. The summed E-state index contributed by atoms with van der Waals surface area (Å²) in [4.78, 5) is 4.53. The van der Waals surface area contributed by atoms with Crippen LogP contribution < -0.4 is 0 Å². The quantitative estimate of drug-likeness (QED) is 0.683. The van der Waals surface area contributed by atoms with Crippen molar-refractivity contribution in [2.75, 3.05) is 0 Å². The zero-order valence-corrected chi connectivity index (χ0v) is 9.74. The maximum atomic E-state index is 8.85. The standard InChI is InChI=1S/C15H11N3/c16-10-13-6-7-18-11-14(17-15(18)9-13)8-12-4-2-1-3-5-12/h1-7,9,11H,8H2. The van der Waals surface area contributed by atoms with Gasteiger partial charge >= 0.3 is 0 Å². The van der Waals surface area contributed by atoms with Gasteiger partial charge in [0.2, 0.25) is 0 Å². The lowest BCUT2D eigenvalue weighted by molar-refractivity contribution is 1.11. The van der Waals surface area contributed by atoms with Crippen molar-refractivity contribution in [3.05, 3.63) is 71.7 Å². The number of benzene rings is 1. The van der Waals surface area contributed by atoms with E-state index >= 15 is 0 Å². The van der Waals surface area contributed by atoms with Crippen LogP contribution in [0.3, 0.4) is 0 Å². The van der Waals surface area contributed by atoms with Crippen LogP contribution in [0.25, 0.3) is 5.65 Å². The third-order valence-corrected chi connectivity index (χ3v) is 2.87. The molecule has 0 aliphatic rings. The van der Waals surface area contributed by atoms with Crippen LogP contribution in [-0.2, 0) is 6.42 Å². The van der Waals surface area contributed by atoms with Crippen molar-refractivity contribution in [2.24, 2.45) is 0 Å². The number of fused-ring (bicyclic) bond motifs is 1. The number of nitriles is 1. The number of imidazole rings is 1. The van der Waals surface area contributed by atoms with Gasteiger partial charge in [0.1, 0.15) is 5.65 Å². The lowest BCUT2D eigenvalue weighted by atomic mass is 10.1. The van der Waals surface area contributed by atoms with Gasteiger partial charge in [0.05, 0.1) is 17.3 Å². The molecule has 2 aromatic heterocycles. The van der Waals surface area contributed by atoms with Crippen molar-refractivity contribution < 1.29 is 0 Å². The van der Waals surface area contributed by atoms with Crippen LogP contribution >= 0.6 is 0 Å². The Balaban J connectivity index is 1.97. The van der Waals surface area contributed by atoms with Crippen molar-refractivity contribution in [2.45, 2.75) is 6.42 Å².